The first-order valence-corrected chi connectivity index (χ1v) is 7.94. The molecule has 23 heavy (non-hydrogen) atoms. The maximum Gasteiger partial charge on any atom is 0.387 e. The molecular weight excluding hydrogens is 302 g/mol. The van der Waals surface area contributed by atoms with E-state index in [1.807, 2.05) is 0 Å². The zero-order chi connectivity index (χ0) is 16.8. The largest absolute Gasteiger partial charge is 0.435 e. The van der Waals surface area contributed by atoms with Gasteiger partial charge in [0.1, 0.15) is 5.75 Å². The molecule has 0 aliphatic carbocycles. The summed E-state index contributed by atoms with van der Waals surface area (Å²) in [4.78, 5) is 16.2. The maximum atomic E-state index is 12.3. The number of benzene rings is 1. The van der Waals surface area contributed by atoms with E-state index in [9.17, 15) is 13.6 Å². The topological polar surface area (TPSA) is 32.8 Å². The standard InChI is InChI=1S/C17H24F2N2O2/c1-13-4-3-9-21(10-13)12-16(22)20(2)11-14-5-7-15(8-6-14)23-17(18)19/h5-8,13,17H,3-4,9-12H2,1-2H3. The summed E-state index contributed by atoms with van der Waals surface area (Å²) in [6.45, 7) is 2.23. The fraction of sp³-hybridized carbons (Fsp3) is 0.588. The molecule has 4 nitrogen and oxygen atoms in total. The molecule has 1 fully saturated rings. The normalized spacial score (nSPS) is 18.9. The number of likely N-dealkylation sites (N-methyl/N-ethyl adjacent to an activating group) is 1. The van der Waals surface area contributed by atoms with Crippen LogP contribution in [-0.2, 0) is 11.3 Å². The third kappa shape index (κ3) is 5.78. The Labute approximate surface area is 136 Å². The monoisotopic (exact) mass is 326 g/mol. The molecule has 1 aromatic carbocycles. The zero-order valence-corrected chi connectivity index (χ0v) is 13.7. The van der Waals surface area contributed by atoms with Crippen molar-refractivity contribution in [2.75, 3.05) is 26.7 Å². The van der Waals surface area contributed by atoms with E-state index in [1.54, 1.807) is 24.1 Å². The van der Waals surface area contributed by atoms with Crippen molar-refractivity contribution in [1.82, 2.24) is 9.80 Å². The van der Waals surface area contributed by atoms with Gasteiger partial charge in [0.05, 0.1) is 6.54 Å². The minimum Gasteiger partial charge on any atom is -0.435 e. The average molecular weight is 326 g/mol. The summed E-state index contributed by atoms with van der Waals surface area (Å²) in [5, 5.41) is 0. The van der Waals surface area contributed by atoms with Crippen LogP contribution in [0.3, 0.4) is 0 Å². The Morgan fingerprint density at radius 1 is 1.39 bits per heavy atom. The Morgan fingerprint density at radius 3 is 2.70 bits per heavy atom. The van der Waals surface area contributed by atoms with Crippen LogP contribution in [0, 0.1) is 5.92 Å². The minimum absolute atomic E-state index is 0.0759. The molecule has 1 aliphatic rings. The van der Waals surface area contributed by atoms with Gasteiger partial charge in [0.25, 0.3) is 0 Å². The lowest BCUT2D eigenvalue weighted by Gasteiger charge is -2.31. The highest BCUT2D eigenvalue weighted by Gasteiger charge is 2.20. The molecule has 1 amide bonds. The van der Waals surface area contributed by atoms with E-state index in [0.29, 0.717) is 19.0 Å². The van der Waals surface area contributed by atoms with Crippen molar-refractivity contribution in [2.24, 2.45) is 5.92 Å². The van der Waals surface area contributed by atoms with Crippen molar-refractivity contribution in [3.63, 3.8) is 0 Å². The number of hydrogen-bond acceptors (Lipinski definition) is 3. The molecule has 0 saturated carbocycles. The van der Waals surface area contributed by atoms with Crippen LogP contribution in [0.5, 0.6) is 5.75 Å². The average Bonchev–Trinajstić information content (AvgIpc) is 2.48. The predicted molar refractivity (Wildman–Crippen MR) is 84.4 cm³/mol. The van der Waals surface area contributed by atoms with Crippen LogP contribution in [0.25, 0.3) is 0 Å². The van der Waals surface area contributed by atoms with Gasteiger partial charge in [-0.1, -0.05) is 19.1 Å². The Morgan fingerprint density at radius 2 is 2.09 bits per heavy atom. The van der Waals surface area contributed by atoms with Crippen LogP contribution >= 0.6 is 0 Å². The molecule has 128 valence electrons. The fourth-order valence-electron chi connectivity index (χ4n) is 2.88. The number of carbonyl (C=O) groups is 1. The van der Waals surface area contributed by atoms with Crippen LogP contribution < -0.4 is 4.74 Å². The first kappa shape index (κ1) is 17.7. The van der Waals surface area contributed by atoms with Gasteiger partial charge < -0.3 is 9.64 Å². The molecule has 1 heterocycles. The first-order valence-electron chi connectivity index (χ1n) is 7.94. The lowest BCUT2D eigenvalue weighted by Crippen LogP contribution is -2.42. The maximum absolute atomic E-state index is 12.3. The highest BCUT2D eigenvalue weighted by Crippen LogP contribution is 2.17. The van der Waals surface area contributed by atoms with Crippen LogP contribution in [0.1, 0.15) is 25.3 Å². The van der Waals surface area contributed by atoms with Gasteiger partial charge in [-0.15, -0.1) is 0 Å². The van der Waals surface area contributed by atoms with Crippen molar-refractivity contribution in [3.8, 4) is 5.75 Å². The number of rotatable bonds is 6. The van der Waals surface area contributed by atoms with Gasteiger partial charge in [-0.25, -0.2) is 0 Å². The summed E-state index contributed by atoms with van der Waals surface area (Å²) in [5.41, 5.74) is 0.884. The van der Waals surface area contributed by atoms with Crippen LogP contribution in [0.2, 0.25) is 0 Å². The summed E-state index contributed by atoms with van der Waals surface area (Å²) in [5.74, 6) is 0.844. The first-order chi connectivity index (χ1) is 10.9. The van der Waals surface area contributed by atoms with E-state index in [1.165, 1.54) is 18.6 Å². The molecule has 1 aliphatic heterocycles. The minimum atomic E-state index is -2.82. The van der Waals surface area contributed by atoms with Crippen molar-refractivity contribution in [3.05, 3.63) is 29.8 Å². The van der Waals surface area contributed by atoms with E-state index in [2.05, 4.69) is 16.6 Å². The Hall–Kier alpha value is -1.69. The van der Waals surface area contributed by atoms with Crippen molar-refractivity contribution in [2.45, 2.75) is 32.9 Å². The molecule has 0 bridgehead atoms. The Balaban J connectivity index is 1.83. The molecule has 2 rings (SSSR count). The SMILES string of the molecule is CC1CCCN(CC(=O)N(C)Cc2ccc(OC(F)F)cc2)C1. The molecule has 1 atom stereocenters. The highest BCUT2D eigenvalue weighted by molar-refractivity contribution is 5.78. The summed E-state index contributed by atoms with van der Waals surface area (Å²) >= 11 is 0. The van der Waals surface area contributed by atoms with Gasteiger partial charge in [-0.05, 0) is 43.0 Å². The van der Waals surface area contributed by atoms with Crippen molar-refractivity contribution < 1.29 is 18.3 Å². The number of halogens is 2. The number of amides is 1. The van der Waals surface area contributed by atoms with Gasteiger partial charge in [0.2, 0.25) is 5.91 Å². The Kier molecular flexibility index (Phi) is 6.33. The second-order valence-corrected chi connectivity index (χ2v) is 6.25. The second kappa shape index (κ2) is 8.24. The Bertz CT molecular complexity index is 508. The predicted octanol–water partition coefficient (Wildman–Crippen LogP) is 2.98. The number of ether oxygens (including phenoxy) is 1. The molecule has 1 aromatic rings. The smallest absolute Gasteiger partial charge is 0.387 e. The van der Waals surface area contributed by atoms with Gasteiger partial charge >= 0.3 is 6.61 Å². The number of nitrogens with zero attached hydrogens (tertiary/aromatic N) is 2. The van der Waals surface area contributed by atoms with E-state index < -0.39 is 6.61 Å². The zero-order valence-electron chi connectivity index (χ0n) is 13.7. The molecular formula is C17H24F2N2O2. The highest BCUT2D eigenvalue weighted by atomic mass is 19.3. The summed E-state index contributed by atoms with van der Waals surface area (Å²) in [7, 11) is 1.76. The van der Waals surface area contributed by atoms with Gasteiger partial charge in [-0.3, -0.25) is 9.69 Å². The number of piperidine rings is 1. The van der Waals surface area contributed by atoms with Gasteiger partial charge in [0.15, 0.2) is 0 Å². The molecule has 6 heteroatoms. The molecule has 0 N–H and O–H groups in total. The molecule has 0 radical (unpaired) electrons. The van der Waals surface area contributed by atoms with Crippen LogP contribution in [-0.4, -0.2) is 49.0 Å². The summed E-state index contributed by atoms with van der Waals surface area (Å²) in [6.07, 6.45) is 2.37. The number of alkyl halides is 2. The van der Waals surface area contributed by atoms with E-state index >= 15 is 0 Å². The van der Waals surface area contributed by atoms with E-state index in [4.69, 9.17) is 0 Å². The number of carbonyl (C=O) groups excluding carboxylic acids is 1. The number of hydrogen-bond donors (Lipinski definition) is 0. The lowest BCUT2D eigenvalue weighted by atomic mass is 10.0. The van der Waals surface area contributed by atoms with Crippen molar-refractivity contribution >= 4 is 5.91 Å². The third-order valence-corrected chi connectivity index (χ3v) is 4.09. The molecule has 1 saturated heterocycles. The molecule has 0 aromatic heterocycles. The summed E-state index contributed by atoms with van der Waals surface area (Å²) in [6, 6.07) is 6.38. The van der Waals surface area contributed by atoms with Crippen molar-refractivity contribution in [1.29, 1.82) is 0 Å². The van der Waals surface area contributed by atoms with Crippen LogP contribution in [0.4, 0.5) is 8.78 Å². The second-order valence-electron chi connectivity index (χ2n) is 6.25. The molecule has 0 spiro atoms. The number of likely N-dealkylation sites (tertiary alicyclic amines) is 1. The van der Waals surface area contributed by atoms with Crippen LogP contribution in [0.15, 0.2) is 24.3 Å². The summed E-state index contributed by atoms with van der Waals surface area (Å²) < 4.78 is 28.5. The third-order valence-electron chi connectivity index (χ3n) is 4.09. The van der Waals surface area contributed by atoms with E-state index in [-0.39, 0.29) is 11.7 Å². The molecule has 1 unspecified atom stereocenters. The quantitative estimate of drug-likeness (QED) is 0.806. The van der Waals surface area contributed by atoms with Gasteiger partial charge in [-0.2, -0.15) is 8.78 Å². The van der Waals surface area contributed by atoms with Gasteiger partial charge in [0, 0.05) is 20.1 Å². The van der Waals surface area contributed by atoms with E-state index in [0.717, 1.165) is 25.1 Å². The lowest BCUT2D eigenvalue weighted by molar-refractivity contribution is -0.132. The fourth-order valence-corrected chi connectivity index (χ4v) is 2.88.